The van der Waals surface area contributed by atoms with E-state index < -0.39 is 5.91 Å². The highest BCUT2D eigenvalue weighted by Gasteiger charge is 2.15. The van der Waals surface area contributed by atoms with Gasteiger partial charge in [-0.1, -0.05) is 74.5 Å². The zero-order valence-corrected chi connectivity index (χ0v) is 17.6. The molecule has 3 aromatic rings. The molecular formula is C26H26N2O2. The number of nitrogens with zero attached hydrogens (tertiary/aromatic N) is 1. The van der Waals surface area contributed by atoms with Crippen LogP contribution in [0.2, 0.25) is 0 Å². The molecule has 0 fully saturated rings. The summed E-state index contributed by atoms with van der Waals surface area (Å²) in [5, 5.41) is 14.4. The second kappa shape index (κ2) is 9.76. The number of nitriles is 1. The van der Waals surface area contributed by atoms with Crippen molar-refractivity contribution in [3.63, 3.8) is 0 Å². The Bertz CT molecular complexity index is 1090. The number of rotatable bonds is 7. The second-order valence-electron chi connectivity index (χ2n) is 7.68. The maximum Gasteiger partial charge on any atom is 0.262 e. The van der Waals surface area contributed by atoms with E-state index in [-0.39, 0.29) is 11.6 Å². The molecule has 0 radical (unpaired) electrons. The van der Waals surface area contributed by atoms with Crippen molar-refractivity contribution in [1.29, 1.82) is 5.26 Å². The van der Waals surface area contributed by atoms with Crippen LogP contribution in [0.5, 0.6) is 5.75 Å². The van der Waals surface area contributed by atoms with Crippen molar-refractivity contribution in [2.24, 2.45) is 5.92 Å². The molecular weight excluding hydrogens is 372 g/mol. The Labute approximate surface area is 177 Å². The minimum Gasteiger partial charge on any atom is -0.493 e. The Kier molecular flexibility index (Phi) is 6.87. The Hall–Kier alpha value is -3.58. The number of amides is 1. The molecule has 3 aromatic carbocycles. The molecule has 0 saturated carbocycles. The molecule has 1 N–H and O–H groups in total. The van der Waals surface area contributed by atoms with Gasteiger partial charge in [-0.25, -0.2) is 0 Å². The SMILES string of the molecule is CC(C)COc1ccc(/C=C(\C#N)C(=O)N[C@H](C)c2ccccc2)c2ccccc12. The van der Waals surface area contributed by atoms with E-state index in [4.69, 9.17) is 4.74 Å². The van der Waals surface area contributed by atoms with Crippen molar-refractivity contribution in [3.05, 3.63) is 83.4 Å². The largest absolute Gasteiger partial charge is 0.493 e. The van der Waals surface area contributed by atoms with Crippen LogP contribution in [0.25, 0.3) is 16.8 Å². The van der Waals surface area contributed by atoms with E-state index in [0.717, 1.165) is 27.6 Å². The predicted octanol–water partition coefficient (Wildman–Crippen LogP) is 5.66. The smallest absolute Gasteiger partial charge is 0.262 e. The molecule has 0 aromatic heterocycles. The van der Waals surface area contributed by atoms with Gasteiger partial charge in [-0.05, 0) is 41.5 Å². The maximum absolute atomic E-state index is 12.7. The van der Waals surface area contributed by atoms with Gasteiger partial charge in [-0.15, -0.1) is 0 Å². The van der Waals surface area contributed by atoms with Crippen LogP contribution in [0.1, 0.15) is 37.9 Å². The van der Waals surface area contributed by atoms with Gasteiger partial charge in [0.15, 0.2) is 0 Å². The van der Waals surface area contributed by atoms with Crippen LogP contribution in [0.3, 0.4) is 0 Å². The summed E-state index contributed by atoms with van der Waals surface area (Å²) in [7, 11) is 0. The highest BCUT2D eigenvalue weighted by molar-refractivity contribution is 6.05. The average molecular weight is 399 g/mol. The summed E-state index contributed by atoms with van der Waals surface area (Å²) in [4.78, 5) is 12.7. The summed E-state index contributed by atoms with van der Waals surface area (Å²) in [5.41, 5.74) is 1.86. The van der Waals surface area contributed by atoms with Gasteiger partial charge in [0.25, 0.3) is 5.91 Å². The fourth-order valence-corrected chi connectivity index (χ4v) is 3.21. The Morgan fingerprint density at radius 1 is 1.00 bits per heavy atom. The molecule has 0 spiro atoms. The van der Waals surface area contributed by atoms with Gasteiger partial charge in [-0.3, -0.25) is 4.79 Å². The van der Waals surface area contributed by atoms with E-state index >= 15 is 0 Å². The lowest BCUT2D eigenvalue weighted by Gasteiger charge is -2.14. The highest BCUT2D eigenvalue weighted by atomic mass is 16.5. The van der Waals surface area contributed by atoms with Crippen molar-refractivity contribution in [3.8, 4) is 11.8 Å². The molecule has 30 heavy (non-hydrogen) atoms. The number of benzene rings is 3. The Balaban J connectivity index is 1.89. The number of hydrogen-bond donors (Lipinski definition) is 1. The first-order valence-corrected chi connectivity index (χ1v) is 10.1. The molecule has 0 heterocycles. The summed E-state index contributed by atoms with van der Waals surface area (Å²) < 4.78 is 5.95. The van der Waals surface area contributed by atoms with Crippen LogP contribution < -0.4 is 10.1 Å². The van der Waals surface area contributed by atoms with E-state index in [9.17, 15) is 10.1 Å². The first-order valence-electron chi connectivity index (χ1n) is 10.1. The van der Waals surface area contributed by atoms with Gasteiger partial charge in [0.05, 0.1) is 12.6 Å². The molecule has 1 atom stereocenters. The van der Waals surface area contributed by atoms with Crippen LogP contribution in [0.4, 0.5) is 0 Å². The third-order valence-electron chi connectivity index (χ3n) is 4.80. The normalized spacial score (nSPS) is 12.4. The average Bonchev–Trinajstić information content (AvgIpc) is 2.76. The lowest BCUT2D eigenvalue weighted by molar-refractivity contribution is -0.117. The lowest BCUT2D eigenvalue weighted by Crippen LogP contribution is -2.27. The van der Waals surface area contributed by atoms with Crippen molar-refractivity contribution in [1.82, 2.24) is 5.32 Å². The fourth-order valence-electron chi connectivity index (χ4n) is 3.21. The zero-order valence-electron chi connectivity index (χ0n) is 17.6. The molecule has 0 aliphatic rings. The van der Waals surface area contributed by atoms with Crippen LogP contribution >= 0.6 is 0 Å². The van der Waals surface area contributed by atoms with E-state index in [0.29, 0.717) is 12.5 Å². The number of nitrogens with one attached hydrogen (secondary N) is 1. The van der Waals surface area contributed by atoms with Crippen LogP contribution in [0, 0.1) is 17.2 Å². The highest BCUT2D eigenvalue weighted by Crippen LogP contribution is 2.30. The molecule has 0 bridgehead atoms. The number of carbonyl (C=O) groups excluding carboxylic acids is 1. The number of ether oxygens (including phenoxy) is 1. The monoisotopic (exact) mass is 398 g/mol. The van der Waals surface area contributed by atoms with Gasteiger partial charge >= 0.3 is 0 Å². The topological polar surface area (TPSA) is 62.1 Å². The van der Waals surface area contributed by atoms with E-state index in [1.165, 1.54) is 0 Å². The van der Waals surface area contributed by atoms with Crippen LogP contribution in [-0.2, 0) is 4.79 Å². The van der Waals surface area contributed by atoms with E-state index in [1.54, 1.807) is 6.08 Å². The minimum absolute atomic E-state index is 0.0683. The summed E-state index contributed by atoms with van der Waals surface area (Å²) in [6.07, 6.45) is 1.64. The van der Waals surface area contributed by atoms with E-state index in [2.05, 4.69) is 19.2 Å². The van der Waals surface area contributed by atoms with Gasteiger partial charge in [0, 0.05) is 5.39 Å². The lowest BCUT2D eigenvalue weighted by atomic mass is 10.0. The standard InChI is InChI=1S/C26H26N2O2/c1-18(2)17-30-25-14-13-21(23-11-7-8-12-24(23)25)15-22(16-27)26(29)28-19(3)20-9-5-4-6-10-20/h4-15,18-19H,17H2,1-3H3,(H,28,29)/b22-15+/t19-/m1/s1. The van der Waals surface area contributed by atoms with Crippen molar-refractivity contribution in [2.45, 2.75) is 26.8 Å². The maximum atomic E-state index is 12.7. The Morgan fingerprint density at radius 3 is 2.33 bits per heavy atom. The van der Waals surface area contributed by atoms with Crippen molar-refractivity contribution in [2.75, 3.05) is 6.61 Å². The molecule has 152 valence electrons. The second-order valence-corrected chi connectivity index (χ2v) is 7.68. The third-order valence-corrected chi connectivity index (χ3v) is 4.80. The molecule has 4 heteroatoms. The first kappa shape index (κ1) is 21.1. The quantitative estimate of drug-likeness (QED) is 0.413. The molecule has 1 amide bonds. The van der Waals surface area contributed by atoms with Crippen molar-refractivity contribution >= 4 is 22.8 Å². The summed E-state index contributed by atoms with van der Waals surface area (Å²) >= 11 is 0. The van der Waals surface area contributed by atoms with Gasteiger partial charge in [0.2, 0.25) is 0 Å². The van der Waals surface area contributed by atoms with Crippen LogP contribution in [-0.4, -0.2) is 12.5 Å². The molecule has 0 aliphatic heterocycles. The molecule has 0 saturated heterocycles. The molecule has 3 rings (SSSR count). The third kappa shape index (κ3) is 5.07. The first-order chi connectivity index (χ1) is 14.5. The molecule has 0 aliphatic carbocycles. The zero-order chi connectivity index (χ0) is 21.5. The predicted molar refractivity (Wildman–Crippen MR) is 121 cm³/mol. The summed E-state index contributed by atoms with van der Waals surface area (Å²) in [5.74, 6) is 0.832. The van der Waals surface area contributed by atoms with Crippen LogP contribution in [0.15, 0.2) is 72.3 Å². The number of hydrogen-bond acceptors (Lipinski definition) is 3. The van der Waals surface area contributed by atoms with Gasteiger partial charge in [0.1, 0.15) is 17.4 Å². The van der Waals surface area contributed by atoms with Crippen molar-refractivity contribution < 1.29 is 9.53 Å². The minimum atomic E-state index is -0.391. The summed E-state index contributed by atoms with van der Waals surface area (Å²) in [6.45, 7) is 6.74. The van der Waals surface area contributed by atoms with Gasteiger partial charge in [-0.2, -0.15) is 5.26 Å². The molecule has 0 unspecified atom stereocenters. The summed E-state index contributed by atoms with van der Waals surface area (Å²) in [6, 6.07) is 23.2. The molecule has 4 nitrogen and oxygen atoms in total. The Morgan fingerprint density at radius 2 is 1.67 bits per heavy atom. The number of carbonyl (C=O) groups is 1. The van der Waals surface area contributed by atoms with E-state index in [1.807, 2.05) is 79.7 Å². The fraction of sp³-hybridized carbons (Fsp3) is 0.231. The number of fused-ring (bicyclic) bond motifs is 1. The van der Waals surface area contributed by atoms with Gasteiger partial charge < -0.3 is 10.1 Å².